The SMILES string of the molecule is O=C(Nc1ccc2c(c1)N(Cc1c[nH]cn1)CCC2)OCc1ccccc1. The van der Waals surface area contributed by atoms with Gasteiger partial charge in [0.05, 0.1) is 18.6 Å². The van der Waals surface area contributed by atoms with Gasteiger partial charge in [-0.25, -0.2) is 9.78 Å². The number of hydrogen-bond donors (Lipinski definition) is 2. The van der Waals surface area contributed by atoms with Crippen LogP contribution in [0.15, 0.2) is 61.1 Å². The maximum absolute atomic E-state index is 12.1. The Morgan fingerprint density at radius 1 is 1.22 bits per heavy atom. The summed E-state index contributed by atoms with van der Waals surface area (Å²) in [6.07, 6.45) is 5.32. The minimum absolute atomic E-state index is 0.253. The minimum atomic E-state index is -0.450. The molecule has 0 aliphatic carbocycles. The Hall–Kier alpha value is -3.28. The molecule has 1 aliphatic rings. The lowest BCUT2D eigenvalue weighted by Gasteiger charge is -2.31. The molecule has 4 rings (SSSR count). The number of nitrogens with zero attached hydrogens (tertiary/aromatic N) is 2. The zero-order valence-corrected chi connectivity index (χ0v) is 15.0. The van der Waals surface area contributed by atoms with Gasteiger partial charge in [0, 0.05) is 24.1 Å². The number of carbonyl (C=O) groups excluding carboxylic acids is 1. The highest BCUT2D eigenvalue weighted by Crippen LogP contribution is 2.31. The first-order valence-corrected chi connectivity index (χ1v) is 9.11. The second kappa shape index (κ2) is 7.95. The van der Waals surface area contributed by atoms with Gasteiger partial charge in [-0.3, -0.25) is 5.32 Å². The number of ether oxygens (including phenoxy) is 1. The molecule has 138 valence electrons. The van der Waals surface area contributed by atoms with Gasteiger partial charge < -0.3 is 14.6 Å². The number of aryl methyl sites for hydroxylation is 1. The van der Waals surface area contributed by atoms with E-state index in [0.29, 0.717) is 0 Å². The number of anilines is 2. The molecule has 0 fully saturated rings. The van der Waals surface area contributed by atoms with Gasteiger partial charge in [0.1, 0.15) is 6.61 Å². The van der Waals surface area contributed by atoms with Crippen LogP contribution >= 0.6 is 0 Å². The fourth-order valence-corrected chi connectivity index (χ4v) is 3.34. The van der Waals surface area contributed by atoms with Crippen molar-refractivity contribution < 1.29 is 9.53 Å². The number of hydrogen-bond acceptors (Lipinski definition) is 4. The summed E-state index contributed by atoms with van der Waals surface area (Å²) in [5.41, 5.74) is 5.14. The molecular formula is C21H22N4O2. The Kier molecular flexibility index (Phi) is 5.05. The quantitative estimate of drug-likeness (QED) is 0.716. The number of fused-ring (bicyclic) bond motifs is 1. The predicted molar refractivity (Wildman–Crippen MR) is 105 cm³/mol. The fourth-order valence-electron chi connectivity index (χ4n) is 3.34. The zero-order valence-electron chi connectivity index (χ0n) is 15.0. The Morgan fingerprint density at radius 3 is 2.93 bits per heavy atom. The number of carbonyl (C=O) groups is 1. The van der Waals surface area contributed by atoms with Crippen LogP contribution in [-0.4, -0.2) is 22.6 Å². The lowest BCUT2D eigenvalue weighted by atomic mass is 10.0. The van der Waals surface area contributed by atoms with E-state index in [4.69, 9.17) is 4.74 Å². The number of imidazole rings is 1. The summed E-state index contributed by atoms with van der Waals surface area (Å²) in [6.45, 7) is 1.98. The molecule has 0 atom stereocenters. The second-order valence-electron chi connectivity index (χ2n) is 6.62. The summed E-state index contributed by atoms with van der Waals surface area (Å²) in [6, 6.07) is 15.7. The van der Waals surface area contributed by atoms with Crippen LogP contribution in [0.4, 0.5) is 16.2 Å². The largest absolute Gasteiger partial charge is 0.444 e. The highest BCUT2D eigenvalue weighted by Gasteiger charge is 2.18. The van der Waals surface area contributed by atoms with Crippen molar-refractivity contribution in [3.63, 3.8) is 0 Å². The summed E-state index contributed by atoms with van der Waals surface area (Å²) in [5, 5.41) is 2.83. The molecule has 1 amide bonds. The molecule has 6 heteroatoms. The van der Waals surface area contributed by atoms with Crippen LogP contribution in [0, 0.1) is 0 Å². The van der Waals surface area contributed by atoms with E-state index >= 15 is 0 Å². The number of rotatable bonds is 5. The minimum Gasteiger partial charge on any atom is -0.444 e. The molecule has 0 unspecified atom stereocenters. The molecule has 2 heterocycles. The number of aromatic nitrogens is 2. The van der Waals surface area contributed by atoms with E-state index in [1.165, 1.54) is 5.56 Å². The van der Waals surface area contributed by atoms with Crippen LogP contribution in [0.5, 0.6) is 0 Å². The molecule has 1 aromatic heterocycles. The third-order valence-corrected chi connectivity index (χ3v) is 4.67. The molecule has 2 aromatic carbocycles. The highest BCUT2D eigenvalue weighted by atomic mass is 16.5. The lowest BCUT2D eigenvalue weighted by molar-refractivity contribution is 0.155. The molecular weight excluding hydrogens is 340 g/mol. The van der Waals surface area contributed by atoms with Crippen LogP contribution < -0.4 is 10.2 Å². The highest BCUT2D eigenvalue weighted by molar-refractivity contribution is 5.85. The van der Waals surface area contributed by atoms with Gasteiger partial charge in [-0.15, -0.1) is 0 Å². The Balaban J connectivity index is 1.42. The van der Waals surface area contributed by atoms with Crippen LogP contribution in [0.2, 0.25) is 0 Å². The number of nitrogens with one attached hydrogen (secondary N) is 2. The summed E-state index contributed by atoms with van der Waals surface area (Å²) >= 11 is 0. The molecule has 0 bridgehead atoms. The molecule has 27 heavy (non-hydrogen) atoms. The molecule has 1 aliphatic heterocycles. The van der Waals surface area contributed by atoms with Gasteiger partial charge in [0.15, 0.2) is 0 Å². The number of benzene rings is 2. The number of amides is 1. The van der Waals surface area contributed by atoms with Crippen molar-refractivity contribution in [1.82, 2.24) is 9.97 Å². The number of aromatic amines is 1. The Bertz CT molecular complexity index is 894. The van der Waals surface area contributed by atoms with Crippen LogP contribution in [0.3, 0.4) is 0 Å². The van der Waals surface area contributed by atoms with Crippen molar-refractivity contribution in [3.8, 4) is 0 Å². The van der Waals surface area contributed by atoms with E-state index in [9.17, 15) is 4.79 Å². The first kappa shape index (κ1) is 17.1. The van der Waals surface area contributed by atoms with Gasteiger partial charge in [0.25, 0.3) is 0 Å². The topological polar surface area (TPSA) is 70.2 Å². The summed E-state index contributed by atoms with van der Waals surface area (Å²) in [7, 11) is 0. The van der Waals surface area contributed by atoms with E-state index in [1.807, 2.05) is 48.7 Å². The van der Waals surface area contributed by atoms with Crippen molar-refractivity contribution in [3.05, 3.63) is 77.9 Å². The standard InChI is InChI=1S/C21H22N4O2/c26-21(27-14-16-5-2-1-3-6-16)24-18-9-8-17-7-4-10-25(20(17)11-18)13-19-12-22-15-23-19/h1-3,5-6,8-9,11-12,15H,4,7,10,13-14H2,(H,22,23)(H,24,26). The summed E-state index contributed by atoms with van der Waals surface area (Å²) < 4.78 is 5.31. The first-order valence-electron chi connectivity index (χ1n) is 9.11. The van der Waals surface area contributed by atoms with E-state index in [0.717, 1.165) is 48.6 Å². The molecule has 2 N–H and O–H groups in total. The van der Waals surface area contributed by atoms with Gasteiger partial charge >= 0.3 is 6.09 Å². The van der Waals surface area contributed by atoms with Crippen LogP contribution in [0.1, 0.15) is 23.2 Å². The molecule has 0 saturated heterocycles. The van der Waals surface area contributed by atoms with E-state index in [-0.39, 0.29) is 6.61 Å². The fraction of sp³-hybridized carbons (Fsp3) is 0.238. The van der Waals surface area contributed by atoms with E-state index in [2.05, 4.69) is 26.3 Å². The van der Waals surface area contributed by atoms with Gasteiger partial charge in [-0.1, -0.05) is 36.4 Å². The van der Waals surface area contributed by atoms with Crippen LogP contribution in [-0.2, 0) is 24.3 Å². The van der Waals surface area contributed by atoms with E-state index < -0.39 is 6.09 Å². The van der Waals surface area contributed by atoms with Crippen molar-refractivity contribution in [1.29, 1.82) is 0 Å². The Labute approximate surface area is 158 Å². The first-order chi connectivity index (χ1) is 13.3. The smallest absolute Gasteiger partial charge is 0.411 e. The van der Waals surface area contributed by atoms with Gasteiger partial charge in [-0.2, -0.15) is 0 Å². The number of H-pyrrole nitrogens is 1. The normalized spacial score (nSPS) is 13.1. The maximum atomic E-state index is 12.1. The van der Waals surface area contributed by atoms with E-state index in [1.54, 1.807) is 6.33 Å². The Morgan fingerprint density at radius 2 is 2.11 bits per heavy atom. The predicted octanol–water partition coefficient (Wildman–Crippen LogP) is 4.11. The summed E-state index contributed by atoms with van der Waals surface area (Å²) in [4.78, 5) is 21.7. The van der Waals surface area contributed by atoms with Crippen molar-refractivity contribution in [2.24, 2.45) is 0 Å². The van der Waals surface area contributed by atoms with Crippen molar-refractivity contribution in [2.45, 2.75) is 26.0 Å². The molecule has 3 aromatic rings. The molecule has 6 nitrogen and oxygen atoms in total. The third-order valence-electron chi connectivity index (χ3n) is 4.67. The van der Waals surface area contributed by atoms with Gasteiger partial charge in [0.2, 0.25) is 0 Å². The average Bonchev–Trinajstić information content (AvgIpc) is 3.21. The van der Waals surface area contributed by atoms with Gasteiger partial charge in [-0.05, 0) is 36.1 Å². The molecule has 0 radical (unpaired) electrons. The molecule has 0 spiro atoms. The summed E-state index contributed by atoms with van der Waals surface area (Å²) in [5.74, 6) is 0. The van der Waals surface area contributed by atoms with Crippen molar-refractivity contribution in [2.75, 3.05) is 16.8 Å². The molecule has 0 saturated carbocycles. The second-order valence-corrected chi connectivity index (χ2v) is 6.62. The lowest BCUT2D eigenvalue weighted by Crippen LogP contribution is -2.29. The van der Waals surface area contributed by atoms with Crippen LogP contribution in [0.25, 0.3) is 0 Å². The monoisotopic (exact) mass is 362 g/mol. The van der Waals surface area contributed by atoms with Crippen molar-refractivity contribution >= 4 is 17.5 Å². The zero-order chi connectivity index (χ0) is 18.5. The third kappa shape index (κ3) is 4.28. The maximum Gasteiger partial charge on any atom is 0.411 e. The average molecular weight is 362 g/mol.